The van der Waals surface area contributed by atoms with E-state index in [4.69, 9.17) is 32.5 Å². The zero-order valence-electron chi connectivity index (χ0n) is 7.28. The fourth-order valence-corrected chi connectivity index (χ4v) is 1.69. The fourth-order valence-electron chi connectivity index (χ4n) is 0.952. The zero-order valence-corrected chi connectivity index (χ0v) is 9.60. The summed E-state index contributed by atoms with van der Waals surface area (Å²) in [6.45, 7) is 0.0144. The number of hydrogen-bond donors (Lipinski definition) is 1. The van der Waals surface area contributed by atoms with Gasteiger partial charge in [0.05, 0.1) is 23.8 Å². The summed E-state index contributed by atoms with van der Waals surface area (Å²) in [5, 5.41) is 15.9. The van der Waals surface area contributed by atoms with Crippen LogP contribution in [0, 0.1) is 10.1 Å². The van der Waals surface area contributed by atoms with Crippen molar-refractivity contribution < 1.29 is 9.11 Å². The highest BCUT2D eigenvalue weighted by Gasteiger charge is 2.18. The molecule has 0 saturated carbocycles. The van der Waals surface area contributed by atoms with E-state index in [0.29, 0.717) is 22.8 Å². The Balaban J connectivity index is 3.12. The predicted molar refractivity (Wildman–Crippen MR) is 59.7 cm³/mol. The molecule has 2 N–H and O–H groups in total. The number of hydrogen-bond acceptors (Lipinski definition) is 5. The summed E-state index contributed by atoms with van der Waals surface area (Å²) in [7, 11) is 0. The zero-order chi connectivity index (χ0) is 11.4. The van der Waals surface area contributed by atoms with Gasteiger partial charge in [-0.15, -0.1) is 0 Å². The Morgan fingerprint density at radius 1 is 1.53 bits per heavy atom. The fraction of sp³-hybridized carbons (Fsp3) is 0.143. The Labute approximate surface area is 100.0 Å². The first kappa shape index (κ1) is 12.5. The van der Waals surface area contributed by atoms with Gasteiger partial charge in [0.1, 0.15) is 5.02 Å². The maximum absolute atomic E-state index is 10.6. The molecule has 0 aromatic heterocycles. The molecule has 0 fully saturated rings. The molecule has 1 aromatic rings. The van der Waals surface area contributed by atoms with Crippen molar-refractivity contribution in [2.24, 2.45) is 5.14 Å². The first-order valence-corrected chi connectivity index (χ1v) is 5.23. The Morgan fingerprint density at radius 2 is 2.20 bits per heavy atom. The molecule has 0 bridgehead atoms. The summed E-state index contributed by atoms with van der Waals surface area (Å²) in [5.41, 5.74) is 0.146. The van der Waals surface area contributed by atoms with E-state index >= 15 is 0 Å². The van der Waals surface area contributed by atoms with Crippen LogP contribution in [0.2, 0.25) is 10.0 Å². The van der Waals surface area contributed by atoms with Crippen LogP contribution >= 0.6 is 35.4 Å². The summed E-state index contributed by atoms with van der Waals surface area (Å²) >= 11 is 12.2. The lowest BCUT2D eigenvalue weighted by molar-refractivity contribution is -0.384. The lowest BCUT2D eigenvalue weighted by atomic mass is 10.2. The molecule has 0 saturated heterocycles. The summed E-state index contributed by atoms with van der Waals surface area (Å²) in [5.74, 6) is 0. The van der Waals surface area contributed by atoms with Crippen LogP contribution in [0.4, 0.5) is 5.69 Å². The first-order valence-electron chi connectivity index (χ1n) is 3.67. The molecule has 1 rings (SSSR count). The van der Waals surface area contributed by atoms with Gasteiger partial charge in [-0.05, 0) is 6.07 Å². The number of nitrogens with zero attached hydrogens (tertiary/aromatic N) is 1. The lowest BCUT2D eigenvalue weighted by Gasteiger charge is -2.05. The van der Waals surface area contributed by atoms with Gasteiger partial charge in [0, 0.05) is 16.7 Å². The Bertz CT molecular complexity index is 389. The quantitative estimate of drug-likeness (QED) is 0.393. The smallest absolute Gasteiger partial charge is 0.288 e. The maximum atomic E-state index is 10.6. The largest absolute Gasteiger partial charge is 0.296 e. The molecule has 1 aromatic carbocycles. The van der Waals surface area contributed by atoms with Crippen LogP contribution in [-0.2, 0) is 10.8 Å². The molecule has 15 heavy (non-hydrogen) atoms. The molecule has 0 amide bonds. The number of rotatable bonds is 4. The Kier molecular flexibility index (Phi) is 4.62. The molecule has 0 aliphatic heterocycles. The predicted octanol–water partition coefficient (Wildman–Crippen LogP) is 2.94. The highest BCUT2D eigenvalue weighted by Crippen LogP contribution is 2.33. The molecule has 0 atom stereocenters. The summed E-state index contributed by atoms with van der Waals surface area (Å²) in [6, 6.07) is 2.63. The minimum absolute atomic E-state index is 0.0144. The van der Waals surface area contributed by atoms with Crippen molar-refractivity contribution >= 4 is 41.1 Å². The number of nitro groups is 1. The van der Waals surface area contributed by atoms with Gasteiger partial charge in [0.2, 0.25) is 0 Å². The molecule has 82 valence electrons. The van der Waals surface area contributed by atoms with E-state index in [9.17, 15) is 10.1 Å². The van der Waals surface area contributed by atoms with E-state index < -0.39 is 4.92 Å². The third-order valence-corrected chi connectivity index (χ3v) is 2.66. The number of benzene rings is 1. The number of nitrogens with two attached hydrogens (primary N) is 1. The molecule has 5 nitrogen and oxygen atoms in total. The third-order valence-electron chi connectivity index (χ3n) is 1.63. The first-order chi connectivity index (χ1) is 7.07. The van der Waals surface area contributed by atoms with Gasteiger partial charge in [0.15, 0.2) is 0 Å². The summed E-state index contributed by atoms with van der Waals surface area (Å²) in [4.78, 5) is 9.98. The van der Waals surface area contributed by atoms with Crippen molar-refractivity contribution in [2.75, 3.05) is 0 Å². The summed E-state index contributed by atoms with van der Waals surface area (Å²) in [6.07, 6.45) is 0. The standard InChI is InChI=1S/C7H6Cl2N2O3S/c8-5-1-2-6(11(12)13)7(9)4(5)3-14-15-10/h1-2H,3,10H2. The van der Waals surface area contributed by atoms with E-state index in [0.717, 1.165) is 0 Å². The number of nitro benzene ring substituents is 1. The minimum atomic E-state index is -0.586. The van der Waals surface area contributed by atoms with Crippen molar-refractivity contribution in [2.45, 2.75) is 6.61 Å². The van der Waals surface area contributed by atoms with E-state index in [-0.39, 0.29) is 17.3 Å². The Hall–Kier alpha value is -0.530. The minimum Gasteiger partial charge on any atom is -0.296 e. The second-order valence-electron chi connectivity index (χ2n) is 2.47. The molecule has 0 aliphatic rings. The van der Waals surface area contributed by atoms with Crippen molar-refractivity contribution in [3.8, 4) is 0 Å². The summed E-state index contributed by atoms with van der Waals surface area (Å²) < 4.78 is 4.82. The lowest BCUT2D eigenvalue weighted by Crippen LogP contribution is -1.96. The second-order valence-corrected chi connectivity index (χ2v) is 3.69. The van der Waals surface area contributed by atoms with Gasteiger partial charge in [-0.1, -0.05) is 23.2 Å². The maximum Gasteiger partial charge on any atom is 0.288 e. The van der Waals surface area contributed by atoms with Crippen molar-refractivity contribution in [3.63, 3.8) is 0 Å². The molecule has 0 spiro atoms. The van der Waals surface area contributed by atoms with E-state index in [1.807, 2.05) is 0 Å². The van der Waals surface area contributed by atoms with Crippen molar-refractivity contribution in [3.05, 3.63) is 37.9 Å². The monoisotopic (exact) mass is 268 g/mol. The average molecular weight is 269 g/mol. The Morgan fingerprint density at radius 3 is 2.73 bits per heavy atom. The van der Waals surface area contributed by atoms with Gasteiger partial charge < -0.3 is 0 Å². The van der Waals surface area contributed by atoms with Crippen LogP contribution in [0.1, 0.15) is 5.56 Å². The van der Waals surface area contributed by atoms with Crippen molar-refractivity contribution in [1.82, 2.24) is 0 Å². The number of halogens is 2. The van der Waals surface area contributed by atoms with Crippen molar-refractivity contribution in [1.29, 1.82) is 0 Å². The van der Waals surface area contributed by atoms with E-state index in [2.05, 4.69) is 0 Å². The van der Waals surface area contributed by atoms with E-state index in [1.165, 1.54) is 12.1 Å². The molecular weight excluding hydrogens is 263 g/mol. The molecule has 8 heteroatoms. The van der Waals surface area contributed by atoms with E-state index in [1.54, 1.807) is 0 Å². The van der Waals surface area contributed by atoms with Crippen LogP contribution in [0.5, 0.6) is 0 Å². The van der Waals surface area contributed by atoms with Crippen LogP contribution in [-0.4, -0.2) is 4.92 Å². The highest BCUT2D eigenvalue weighted by molar-refractivity contribution is 7.92. The van der Waals surface area contributed by atoms with Gasteiger partial charge in [-0.25, -0.2) is 0 Å². The van der Waals surface area contributed by atoms with Gasteiger partial charge in [-0.2, -0.15) is 0 Å². The van der Waals surface area contributed by atoms with Gasteiger partial charge in [0.25, 0.3) is 5.69 Å². The third kappa shape index (κ3) is 2.96. The normalized spacial score (nSPS) is 10.3. The molecule has 0 heterocycles. The second kappa shape index (κ2) is 5.53. The van der Waals surface area contributed by atoms with Crippen LogP contribution in [0.3, 0.4) is 0 Å². The van der Waals surface area contributed by atoms with Gasteiger partial charge >= 0.3 is 0 Å². The molecule has 0 aliphatic carbocycles. The van der Waals surface area contributed by atoms with Crippen LogP contribution in [0.15, 0.2) is 12.1 Å². The molecular formula is C7H6Cl2N2O3S. The van der Waals surface area contributed by atoms with Crippen LogP contribution < -0.4 is 5.14 Å². The van der Waals surface area contributed by atoms with Crippen LogP contribution in [0.25, 0.3) is 0 Å². The average Bonchev–Trinajstić information content (AvgIpc) is 2.17. The molecule has 0 radical (unpaired) electrons. The topological polar surface area (TPSA) is 78.4 Å². The molecule has 0 unspecified atom stereocenters. The SMILES string of the molecule is NSOCc1c(Cl)ccc([N+](=O)[O-])c1Cl. The highest BCUT2D eigenvalue weighted by atomic mass is 35.5. The van der Waals surface area contributed by atoms with Gasteiger partial charge in [-0.3, -0.25) is 19.4 Å².